The van der Waals surface area contributed by atoms with Crippen LogP contribution in [0.25, 0.3) is 0 Å². The van der Waals surface area contributed by atoms with Crippen LogP contribution in [0.1, 0.15) is 13.8 Å². The first-order valence-corrected chi connectivity index (χ1v) is 7.59. The Morgan fingerprint density at radius 2 is 2.00 bits per heavy atom. The molecule has 0 atom stereocenters. The summed E-state index contributed by atoms with van der Waals surface area (Å²) in [7, 11) is -2.41. The monoisotopic (exact) mass is 347 g/mol. The first-order valence-electron chi connectivity index (χ1n) is 5.31. The second-order valence-corrected chi connectivity index (χ2v) is 6.52. The summed E-state index contributed by atoms with van der Waals surface area (Å²) in [6.45, 7) is 3.41. The minimum atomic E-state index is -3.88. The molecular weight excluding hydrogens is 334 g/mol. The van der Waals surface area contributed by atoms with Crippen LogP contribution in [0.3, 0.4) is 0 Å². The second-order valence-electron chi connectivity index (χ2n) is 3.99. The Balaban J connectivity index is 3.04. The van der Waals surface area contributed by atoms with E-state index in [1.807, 2.05) is 4.72 Å². The predicted octanol–water partition coefficient (Wildman–Crippen LogP) is 2.23. The van der Waals surface area contributed by atoms with Gasteiger partial charge in [-0.2, -0.15) is 0 Å². The molecule has 5 nitrogen and oxygen atoms in total. The minimum Gasteiger partial charge on any atom is -0.496 e. The smallest absolute Gasteiger partial charge is 0.264 e. The number of ether oxygens (including phenoxy) is 1. The van der Waals surface area contributed by atoms with Crippen LogP contribution in [-0.4, -0.2) is 21.4 Å². The maximum absolute atomic E-state index is 12.0. The van der Waals surface area contributed by atoms with E-state index >= 15 is 0 Å². The lowest BCUT2D eigenvalue weighted by molar-refractivity contribution is -0.114. The largest absolute Gasteiger partial charge is 0.496 e. The molecule has 0 aliphatic carbocycles. The molecule has 1 amide bonds. The summed E-state index contributed by atoms with van der Waals surface area (Å²) in [5.41, 5.74) is 0.712. The second kappa shape index (κ2) is 6.21. The number of hydrogen-bond acceptors (Lipinski definition) is 4. The maximum atomic E-state index is 12.0. The molecule has 0 aliphatic rings. The molecule has 0 radical (unpaired) electrons. The van der Waals surface area contributed by atoms with E-state index in [0.717, 1.165) is 0 Å². The van der Waals surface area contributed by atoms with Crippen LogP contribution in [0.2, 0.25) is 0 Å². The normalized spacial score (nSPS) is 10.7. The van der Waals surface area contributed by atoms with Gasteiger partial charge in [-0.25, -0.2) is 13.1 Å². The summed E-state index contributed by atoms with van der Waals surface area (Å²) < 4.78 is 31.4. The molecule has 0 aromatic heterocycles. The fourth-order valence-electron chi connectivity index (χ4n) is 1.30. The summed E-state index contributed by atoms with van der Waals surface area (Å²) >= 11 is 3.19. The standard InChI is InChI=1S/C12H14BrNO4S/c1-8(2)6-12(15)14-19(16,17)9-4-5-11(18-3)10(13)7-9/h4-7H,1-3H3,(H,14,15). The fourth-order valence-corrected chi connectivity index (χ4v) is 2.95. The molecule has 19 heavy (non-hydrogen) atoms. The highest BCUT2D eigenvalue weighted by Crippen LogP contribution is 2.27. The Morgan fingerprint density at radius 3 is 2.47 bits per heavy atom. The van der Waals surface area contributed by atoms with Crippen LogP contribution in [0.5, 0.6) is 5.75 Å². The van der Waals surface area contributed by atoms with Crippen LogP contribution in [0.15, 0.2) is 39.2 Å². The van der Waals surface area contributed by atoms with Gasteiger partial charge in [0.25, 0.3) is 15.9 Å². The van der Waals surface area contributed by atoms with E-state index < -0.39 is 15.9 Å². The van der Waals surface area contributed by atoms with Gasteiger partial charge in [-0.3, -0.25) is 4.79 Å². The third kappa shape index (κ3) is 4.36. The van der Waals surface area contributed by atoms with Gasteiger partial charge in [0, 0.05) is 6.08 Å². The van der Waals surface area contributed by atoms with E-state index in [0.29, 0.717) is 15.8 Å². The van der Waals surface area contributed by atoms with E-state index in [2.05, 4.69) is 15.9 Å². The summed E-state index contributed by atoms with van der Waals surface area (Å²) in [5, 5.41) is 0. The lowest BCUT2D eigenvalue weighted by Gasteiger charge is -2.08. The van der Waals surface area contributed by atoms with Crippen molar-refractivity contribution in [2.75, 3.05) is 7.11 Å². The Hall–Kier alpha value is -1.34. The molecule has 0 saturated carbocycles. The number of carbonyl (C=O) groups is 1. The first kappa shape index (κ1) is 15.7. The molecule has 0 unspecified atom stereocenters. The zero-order chi connectivity index (χ0) is 14.6. The predicted molar refractivity (Wildman–Crippen MR) is 75.5 cm³/mol. The molecule has 1 aromatic rings. The number of benzene rings is 1. The van der Waals surface area contributed by atoms with Crippen molar-refractivity contribution in [1.29, 1.82) is 0 Å². The van der Waals surface area contributed by atoms with E-state index in [4.69, 9.17) is 4.74 Å². The van der Waals surface area contributed by atoms with Gasteiger partial charge in [0.2, 0.25) is 0 Å². The summed E-state index contributed by atoms with van der Waals surface area (Å²) in [4.78, 5) is 11.4. The van der Waals surface area contributed by atoms with Crippen molar-refractivity contribution in [3.05, 3.63) is 34.3 Å². The highest BCUT2D eigenvalue weighted by molar-refractivity contribution is 9.10. The van der Waals surface area contributed by atoms with E-state index in [1.165, 1.54) is 31.4 Å². The number of carbonyl (C=O) groups excluding carboxylic acids is 1. The Morgan fingerprint density at radius 1 is 1.37 bits per heavy atom. The van der Waals surface area contributed by atoms with Crippen molar-refractivity contribution in [2.24, 2.45) is 0 Å². The summed E-state index contributed by atoms with van der Waals surface area (Å²) in [5.74, 6) is -0.165. The number of hydrogen-bond donors (Lipinski definition) is 1. The highest BCUT2D eigenvalue weighted by Gasteiger charge is 2.17. The third-order valence-electron chi connectivity index (χ3n) is 2.09. The quantitative estimate of drug-likeness (QED) is 0.847. The van der Waals surface area contributed by atoms with Crippen LogP contribution >= 0.6 is 15.9 Å². The van der Waals surface area contributed by atoms with E-state index in [-0.39, 0.29) is 4.90 Å². The average Bonchev–Trinajstić information content (AvgIpc) is 2.26. The number of halogens is 1. The van der Waals surface area contributed by atoms with Gasteiger partial charge >= 0.3 is 0 Å². The van der Waals surface area contributed by atoms with E-state index in [9.17, 15) is 13.2 Å². The number of sulfonamides is 1. The molecule has 1 rings (SSSR count). The third-order valence-corrected chi connectivity index (χ3v) is 4.05. The van der Waals surface area contributed by atoms with Crippen LogP contribution in [0, 0.1) is 0 Å². The maximum Gasteiger partial charge on any atom is 0.264 e. The molecule has 0 heterocycles. The van der Waals surface area contributed by atoms with Crippen molar-refractivity contribution in [3.8, 4) is 5.75 Å². The molecular formula is C12H14BrNO4S. The number of amides is 1. The van der Waals surface area contributed by atoms with Crippen molar-refractivity contribution < 1.29 is 17.9 Å². The van der Waals surface area contributed by atoms with Gasteiger partial charge < -0.3 is 4.74 Å². The average molecular weight is 348 g/mol. The van der Waals surface area contributed by atoms with Gasteiger partial charge in [0.15, 0.2) is 0 Å². The molecule has 7 heteroatoms. The number of allylic oxidation sites excluding steroid dienone is 1. The van der Waals surface area contributed by atoms with Crippen molar-refractivity contribution in [2.45, 2.75) is 18.7 Å². The van der Waals surface area contributed by atoms with Gasteiger partial charge in [0.05, 0.1) is 16.5 Å². The van der Waals surface area contributed by atoms with Gasteiger partial charge in [-0.1, -0.05) is 5.57 Å². The number of methoxy groups -OCH3 is 1. The minimum absolute atomic E-state index is 0.0179. The molecule has 1 aromatic carbocycles. The Bertz CT molecular complexity index is 619. The van der Waals surface area contributed by atoms with Crippen molar-refractivity contribution in [3.63, 3.8) is 0 Å². The zero-order valence-corrected chi connectivity index (χ0v) is 13.1. The lowest BCUT2D eigenvalue weighted by Crippen LogP contribution is -2.29. The molecule has 0 bridgehead atoms. The number of nitrogens with one attached hydrogen (secondary N) is 1. The van der Waals surface area contributed by atoms with Crippen molar-refractivity contribution >= 4 is 31.9 Å². The molecule has 0 aliphatic heterocycles. The van der Waals surface area contributed by atoms with Crippen LogP contribution < -0.4 is 9.46 Å². The van der Waals surface area contributed by atoms with Gasteiger partial charge in [0.1, 0.15) is 5.75 Å². The lowest BCUT2D eigenvalue weighted by atomic mass is 10.3. The molecule has 1 N–H and O–H groups in total. The highest BCUT2D eigenvalue weighted by atomic mass is 79.9. The van der Waals surface area contributed by atoms with E-state index in [1.54, 1.807) is 13.8 Å². The van der Waals surface area contributed by atoms with Crippen LogP contribution in [-0.2, 0) is 14.8 Å². The molecule has 0 saturated heterocycles. The molecule has 104 valence electrons. The summed E-state index contributed by atoms with van der Waals surface area (Å²) in [6, 6.07) is 4.24. The topological polar surface area (TPSA) is 72.5 Å². The first-order chi connectivity index (χ1) is 8.76. The molecule has 0 fully saturated rings. The Kier molecular flexibility index (Phi) is 5.13. The van der Waals surface area contributed by atoms with Crippen LogP contribution in [0.4, 0.5) is 0 Å². The van der Waals surface area contributed by atoms with Crippen molar-refractivity contribution in [1.82, 2.24) is 4.72 Å². The Labute approximate surface area is 120 Å². The summed E-state index contributed by atoms with van der Waals surface area (Å²) in [6.07, 6.45) is 1.22. The fraction of sp³-hybridized carbons (Fsp3) is 0.250. The number of rotatable bonds is 4. The van der Waals surface area contributed by atoms with Gasteiger partial charge in [-0.05, 0) is 48.0 Å². The SMILES string of the molecule is COc1ccc(S(=O)(=O)NC(=O)C=C(C)C)cc1Br. The molecule has 0 spiro atoms. The van der Waals surface area contributed by atoms with Gasteiger partial charge in [-0.15, -0.1) is 0 Å². The zero-order valence-electron chi connectivity index (χ0n) is 10.7.